The summed E-state index contributed by atoms with van der Waals surface area (Å²) >= 11 is 5.80. The molecule has 122 valence electrons. The second-order valence-electron chi connectivity index (χ2n) is 4.63. The number of carbonyl (C=O) groups is 1. The summed E-state index contributed by atoms with van der Waals surface area (Å²) in [4.78, 5) is 12.1. The Labute approximate surface area is 137 Å². The number of phenols is 1. The molecule has 8 heteroatoms. The Morgan fingerprint density at radius 2 is 2.00 bits per heavy atom. The predicted octanol–water partition coefficient (Wildman–Crippen LogP) is 3.23. The molecule has 2 aromatic rings. The third-order valence-corrected chi connectivity index (χ3v) is 5.19. The highest BCUT2D eigenvalue weighted by Gasteiger charge is 2.19. The van der Waals surface area contributed by atoms with Crippen LogP contribution in [0.3, 0.4) is 0 Å². The molecule has 0 fully saturated rings. The summed E-state index contributed by atoms with van der Waals surface area (Å²) < 4.78 is 37.4. The van der Waals surface area contributed by atoms with Crippen LogP contribution in [0, 0.1) is 5.82 Å². The summed E-state index contributed by atoms with van der Waals surface area (Å²) in [7, 11) is -3.52. The van der Waals surface area contributed by atoms with Gasteiger partial charge >= 0.3 is 0 Å². The summed E-state index contributed by atoms with van der Waals surface area (Å²) in [5, 5.41) is 11.9. The zero-order chi connectivity index (χ0) is 17.2. The Hall–Kier alpha value is -2.12. The minimum atomic E-state index is -3.52. The van der Waals surface area contributed by atoms with E-state index in [4.69, 9.17) is 11.6 Å². The van der Waals surface area contributed by atoms with Crippen molar-refractivity contribution in [2.75, 3.05) is 11.1 Å². The van der Waals surface area contributed by atoms with Gasteiger partial charge < -0.3 is 10.4 Å². The van der Waals surface area contributed by atoms with Gasteiger partial charge in [-0.1, -0.05) is 24.6 Å². The molecule has 0 saturated carbocycles. The molecule has 1 amide bonds. The maximum Gasteiger partial charge on any atom is 0.260 e. The van der Waals surface area contributed by atoms with E-state index < -0.39 is 27.1 Å². The molecular weight excluding hydrogens is 345 g/mol. The van der Waals surface area contributed by atoms with Gasteiger partial charge in [-0.05, 0) is 30.3 Å². The number of hydrogen-bond acceptors (Lipinski definition) is 4. The van der Waals surface area contributed by atoms with Crippen LogP contribution in [0.5, 0.6) is 5.75 Å². The lowest BCUT2D eigenvalue weighted by molar-refractivity contribution is 0.102. The van der Waals surface area contributed by atoms with Crippen LogP contribution in [0.15, 0.2) is 41.3 Å². The largest absolute Gasteiger partial charge is 0.506 e. The van der Waals surface area contributed by atoms with E-state index in [1.54, 1.807) is 0 Å². The summed E-state index contributed by atoms with van der Waals surface area (Å²) in [6, 6.07) is 7.23. The van der Waals surface area contributed by atoms with Gasteiger partial charge in [0.2, 0.25) is 0 Å². The third kappa shape index (κ3) is 3.62. The molecular formula is C15H13ClFNO4S. The second kappa shape index (κ2) is 6.55. The van der Waals surface area contributed by atoms with Crippen molar-refractivity contribution < 1.29 is 22.7 Å². The minimum Gasteiger partial charge on any atom is -0.506 e. The van der Waals surface area contributed by atoms with Crippen molar-refractivity contribution in [3.05, 3.63) is 52.8 Å². The number of nitrogens with one attached hydrogen (secondary N) is 1. The Balaban J connectivity index is 2.40. The van der Waals surface area contributed by atoms with Gasteiger partial charge in [0.05, 0.1) is 26.9 Å². The molecule has 2 rings (SSSR count). The normalized spacial score (nSPS) is 11.3. The van der Waals surface area contributed by atoms with Gasteiger partial charge in [-0.15, -0.1) is 0 Å². The first-order chi connectivity index (χ1) is 10.8. The van der Waals surface area contributed by atoms with E-state index >= 15 is 0 Å². The SMILES string of the molecule is CCS(=O)(=O)c1ccc(O)c(NC(=O)c2c(F)cccc2Cl)c1. The molecule has 0 aromatic heterocycles. The van der Waals surface area contributed by atoms with Crippen LogP contribution in [0.2, 0.25) is 5.02 Å². The van der Waals surface area contributed by atoms with E-state index in [2.05, 4.69) is 5.32 Å². The number of halogens is 2. The van der Waals surface area contributed by atoms with Crippen LogP contribution in [0.1, 0.15) is 17.3 Å². The summed E-state index contributed by atoms with van der Waals surface area (Å²) in [6.07, 6.45) is 0. The predicted molar refractivity (Wildman–Crippen MR) is 85.2 cm³/mol. The van der Waals surface area contributed by atoms with Crippen molar-refractivity contribution >= 4 is 33.0 Å². The van der Waals surface area contributed by atoms with Crippen LogP contribution in [-0.4, -0.2) is 25.2 Å². The van der Waals surface area contributed by atoms with E-state index in [9.17, 15) is 22.7 Å². The highest BCUT2D eigenvalue weighted by atomic mass is 35.5. The number of anilines is 1. The van der Waals surface area contributed by atoms with Gasteiger partial charge in [-0.3, -0.25) is 4.79 Å². The number of amides is 1. The number of benzene rings is 2. The molecule has 0 aliphatic carbocycles. The molecule has 0 saturated heterocycles. The lowest BCUT2D eigenvalue weighted by Crippen LogP contribution is -2.15. The van der Waals surface area contributed by atoms with Crippen LogP contribution < -0.4 is 5.32 Å². The summed E-state index contributed by atoms with van der Waals surface area (Å²) in [5.74, 6) is -2.20. The maximum atomic E-state index is 13.7. The molecule has 0 spiro atoms. The number of hydrogen-bond donors (Lipinski definition) is 2. The Kier molecular flexibility index (Phi) is 4.91. The van der Waals surface area contributed by atoms with E-state index in [1.807, 2.05) is 0 Å². The molecule has 0 unspecified atom stereocenters. The average molecular weight is 358 g/mol. The summed E-state index contributed by atoms with van der Waals surface area (Å²) in [6.45, 7) is 1.47. The van der Waals surface area contributed by atoms with Crippen molar-refractivity contribution in [2.24, 2.45) is 0 Å². The van der Waals surface area contributed by atoms with E-state index in [-0.39, 0.29) is 27.1 Å². The number of sulfone groups is 1. The Bertz CT molecular complexity index is 848. The molecule has 23 heavy (non-hydrogen) atoms. The zero-order valence-electron chi connectivity index (χ0n) is 12.0. The molecule has 0 bridgehead atoms. The van der Waals surface area contributed by atoms with Crippen molar-refractivity contribution in [3.63, 3.8) is 0 Å². The van der Waals surface area contributed by atoms with Crippen LogP contribution in [0.25, 0.3) is 0 Å². The molecule has 0 radical (unpaired) electrons. The molecule has 0 aliphatic heterocycles. The molecule has 0 aliphatic rings. The summed E-state index contributed by atoms with van der Waals surface area (Å²) in [5.41, 5.74) is -0.541. The fraction of sp³-hybridized carbons (Fsp3) is 0.133. The maximum absolute atomic E-state index is 13.7. The van der Waals surface area contributed by atoms with Gasteiger partial charge in [-0.25, -0.2) is 12.8 Å². The zero-order valence-corrected chi connectivity index (χ0v) is 13.6. The first-order valence-electron chi connectivity index (χ1n) is 6.57. The minimum absolute atomic E-state index is 0.0623. The first kappa shape index (κ1) is 17.2. The number of rotatable bonds is 4. The van der Waals surface area contributed by atoms with Gasteiger partial charge in [0, 0.05) is 0 Å². The average Bonchev–Trinajstić information content (AvgIpc) is 2.49. The van der Waals surface area contributed by atoms with Crippen molar-refractivity contribution in [1.29, 1.82) is 0 Å². The molecule has 2 N–H and O–H groups in total. The van der Waals surface area contributed by atoms with E-state index in [0.717, 1.165) is 18.2 Å². The second-order valence-corrected chi connectivity index (χ2v) is 7.32. The smallest absolute Gasteiger partial charge is 0.260 e. The van der Waals surface area contributed by atoms with E-state index in [1.165, 1.54) is 25.1 Å². The third-order valence-electron chi connectivity index (χ3n) is 3.15. The lowest BCUT2D eigenvalue weighted by atomic mass is 10.2. The van der Waals surface area contributed by atoms with Crippen molar-refractivity contribution in [1.82, 2.24) is 0 Å². The number of phenolic OH excluding ortho intramolecular Hbond substituents is 1. The monoisotopic (exact) mass is 357 g/mol. The fourth-order valence-electron chi connectivity index (χ4n) is 1.87. The fourth-order valence-corrected chi connectivity index (χ4v) is 3.03. The van der Waals surface area contributed by atoms with Gasteiger partial charge in [0.25, 0.3) is 5.91 Å². The standard InChI is InChI=1S/C15H13ClFNO4S/c1-2-23(21,22)9-6-7-13(19)12(8-9)18-15(20)14-10(16)4-3-5-11(14)17/h3-8,19H,2H2,1H3,(H,18,20). The van der Waals surface area contributed by atoms with Crippen LogP contribution in [-0.2, 0) is 9.84 Å². The van der Waals surface area contributed by atoms with Gasteiger partial charge in [0.1, 0.15) is 11.6 Å². The highest BCUT2D eigenvalue weighted by Crippen LogP contribution is 2.28. The Morgan fingerprint density at radius 3 is 2.61 bits per heavy atom. The van der Waals surface area contributed by atoms with Gasteiger partial charge in [-0.2, -0.15) is 0 Å². The molecule has 2 aromatic carbocycles. The quantitative estimate of drug-likeness (QED) is 0.823. The van der Waals surface area contributed by atoms with E-state index in [0.29, 0.717) is 0 Å². The van der Waals surface area contributed by atoms with Gasteiger partial charge in [0.15, 0.2) is 9.84 Å². The molecule has 0 atom stereocenters. The van der Waals surface area contributed by atoms with Crippen molar-refractivity contribution in [3.8, 4) is 5.75 Å². The topological polar surface area (TPSA) is 83.5 Å². The van der Waals surface area contributed by atoms with Crippen LogP contribution in [0.4, 0.5) is 10.1 Å². The molecule has 5 nitrogen and oxygen atoms in total. The highest BCUT2D eigenvalue weighted by molar-refractivity contribution is 7.91. The number of carbonyl (C=O) groups excluding carboxylic acids is 1. The van der Waals surface area contributed by atoms with Crippen LogP contribution >= 0.6 is 11.6 Å². The lowest BCUT2D eigenvalue weighted by Gasteiger charge is -2.11. The van der Waals surface area contributed by atoms with Crippen molar-refractivity contribution in [2.45, 2.75) is 11.8 Å². The molecule has 0 heterocycles. The number of aromatic hydroxyl groups is 1. The first-order valence-corrected chi connectivity index (χ1v) is 8.60. The Morgan fingerprint density at radius 1 is 1.30 bits per heavy atom.